The van der Waals surface area contributed by atoms with E-state index in [-0.39, 0.29) is 12.0 Å². The number of hydrogen-bond donors (Lipinski definition) is 1. The van der Waals surface area contributed by atoms with Crippen LogP contribution in [0.2, 0.25) is 0 Å². The molecule has 0 fully saturated rings. The Morgan fingerprint density at radius 2 is 1.73 bits per heavy atom. The lowest BCUT2D eigenvalue weighted by molar-refractivity contribution is -0.121. The Morgan fingerprint density at radius 1 is 0.962 bits per heavy atom. The first kappa shape index (κ1) is 16.6. The highest BCUT2D eigenvalue weighted by Gasteiger charge is 2.21. The van der Waals surface area contributed by atoms with Gasteiger partial charge in [0.2, 0.25) is 5.91 Å². The molecule has 1 amide bonds. The highest BCUT2D eigenvalue weighted by molar-refractivity contribution is 5.76. The first-order chi connectivity index (χ1) is 12.8. The summed E-state index contributed by atoms with van der Waals surface area (Å²) in [6.45, 7) is 1.99. The van der Waals surface area contributed by atoms with E-state index in [2.05, 4.69) is 5.32 Å². The summed E-state index contributed by atoms with van der Waals surface area (Å²) in [4.78, 5) is 12.1. The van der Waals surface area contributed by atoms with E-state index in [4.69, 9.17) is 18.9 Å². The van der Waals surface area contributed by atoms with Gasteiger partial charge in [0.25, 0.3) is 0 Å². The lowest BCUT2D eigenvalue weighted by Gasteiger charge is -2.26. The van der Waals surface area contributed by atoms with E-state index < -0.39 is 0 Å². The van der Waals surface area contributed by atoms with Crippen LogP contribution in [-0.2, 0) is 11.2 Å². The summed E-state index contributed by atoms with van der Waals surface area (Å²) in [7, 11) is 0. The van der Waals surface area contributed by atoms with E-state index in [9.17, 15) is 4.79 Å². The van der Waals surface area contributed by atoms with Crippen LogP contribution in [0.25, 0.3) is 0 Å². The van der Waals surface area contributed by atoms with Gasteiger partial charge >= 0.3 is 0 Å². The molecular formula is C20H21NO5. The number of carbonyl (C=O) groups is 1. The Hall–Kier alpha value is -2.89. The molecule has 0 aliphatic carbocycles. The molecule has 6 nitrogen and oxygen atoms in total. The van der Waals surface area contributed by atoms with Gasteiger partial charge in [0.05, 0.1) is 6.54 Å². The minimum atomic E-state index is -0.178. The second kappa shape index (κ2) is 7.56. The molecule has 26 heavy (non-hydrogen) atoms. The van der Waals surface area contributed by atoms with E-state index in [1.807, 2.05) is 42.5 Å². The summed E-state index contributed by atoms with van der Waals surface area (Å²) < 4.78 is 22.6. The molecule has 2 aliphatic heterocycles. The minimum Gasteiger partial charge on any atom is -0.486 e. The van der Waals surface area contributed by atoms with Crippen LogP contribution in [0.3, 0.4) is 0 Å². The van der Waals surface area contributed by atoms with Gasteiger partial charge in [-0.3, -0.25) is 4.79 Å². The van der Waals surface area contributed by atoms with E-state index in [1.165, 1.54) is 0 Å². The van der Waals surface area contributed by atoms with E-state index >= 15 is 0 Å². The fraction of sp³-hybridized carbons (Fsp3) is 0.350. The van der Waals surface area contributed by atoms with Crippen molar-refractivity contribution in [3.8, 4) is 23.0 Å². The summed E-state index contributed by atoms with van der Waals surface area (Å²) in [5, 5.41) is 2.92. The van der Waals surface area contributed by atoms with Crippen molar-refractivity contribution >= 4 is 5.91 Å². The van der Waals surface area contributed by atoms with Crippen molar-refractivity contribution in [3.63, 3.8) is 0 Å². The molecule has 2 aromatic carbocycles. The molecule has 136 valence electrons. The van der Waals surface area contributed by atoms with Gasteiger partial charge in [-0.05, 0) is 36.2 Å². The van der Waals surface area contributed by atoms with Gasteiger partial charge in [0.1, 0.15) is 25.9 Å². The average molecular weight is 355 g/mol. The zero-order valence-electron chi connectivity index (χ0n) is 14.4. The zero-order valence-corrected chi connectivity index (χ0v) is 14.4. The number of benzene rings is 2. The molecular weight excluding hydrogens is 334 g/mol. The second-order valence-electron chi connectivity index (χ2n) is 6.28. The van der Waals surface area contributed by atoms with Crippen LogP contribution in [0.4, 0.5) is 0 Å². The van der Waals surface area contributed by atoms with Gasteiger partial charge in [-0.25, -0.2) is 0 Å². The molecule has 0 unspecified atom stereocenters. The third-order valence-electron chi connectivity index (χ3n) is 4.34. The fourth-order valence-electron chi connectivity index (χ4n) is 2.98. The largest absolute Gasteiger partial charge is 0.486 e. The highest BCUT2D eigenvalue weighted by Crippen LogP contribution is 2.31. The first-order valence-corrected chi connectivity index (χ1v) is 8.81. The second-order valence-corrected chi connectivity index (χ2v) is 6.28. The number of nitrogens with one attached hydrogen (secondary N) is 1. The maximum atomic E-state index is 12.1. The van der Waals surface area contributed by atoms with Crippen LogP contribution in [0, 0.1) is 0 Å². The maximum Gasteiger partial charge on any atom is 0.220 e. The number of aryl methyl sites for hydroxylation is 1. The van der Waals surface area contributed by atoms with Crippen LogP contribution in [0.5, 0.6) is 23.0 Å². The van der Waals surface area contributed by atoms with Gasteiger partial charge in [-0.1, -0.05) is 18.2 Å². The lowest BCUT2D eigenvalue weighted by Crippen LogP contribution is -2.40. The van der Waals surface area contributed by atoms with Crippen LogP contribution in [0.15, 0.2) is 42.5 Å². The molecule has 0 radical (unpaired) electrons. The fourth-order valence-corrected chi connectivity index (χ4v) is 2.98. The number of fused-ring (bicyclic) bond motifs is 2. The third kappa shape index (κ3) is 3.85. The Bertz CT molecular complexity index is 792. The Balaban J connectivity index is 1.24. The molecule has 2 heterocycles. The number of rotatable bonds is 5. The van der Waals surface area contributed by atoms with Gasteiger partial charge in [-0.2, -0.15) is 0 Å². The van der Waals surface area contributed by atoms with Crippen molar-refractivity contribution in [2.24, 2.45) is 0 Å². The molecule has 0 saturated heterocycles. The smallest absolute Gasteiger partial charge is 0.220 e. The molecule has 2 aromatic rings. The average Bonchev–Trinajstić information content (AvgIpc) is 2.70. The molecule has 0 aromatic heterocycles. The predicted octanol–water partition coefficient (Wildman–Crippen LogP) is 2.35. The molecule has 1 N–H and O–H groups in total. The van der Waals surface area contributed by atoms with Crippen molar-refractivity contribution in [1.82, 2.24) is 5.32 Å². The summed E-state index contributed by atoms with van der Waals surface area (Å²) in [6.07, 6.45) is 0.875. The van der Waals surface area contributed by atoms with Crippen molar-refractivity contribution < 1.29 is 23.7 Å². The van der Waals surface area contributed by atoms with Crippen molar-refractivity contribution in [2.45, 2.75) is 18.9 Å². The number of ether oxygens (including phenoxy) is 4. The molecule has 0 saturated carbocycles. The van der Waals surface area contributed by atoms with Crippen molar-refractivity contribution in [1.29, 1.82) is 0 Å². The molecule has 6 heteroatoms. The SMILES string of the molecule is O=C(CCc1ccc2c(c1)OCCO2)NC[C@@H]1COc2ccccc2O1. The zero-order chi connectivity index (χ0) is 17.8. The van der Waals surface area contributed by atoms with Crippen molar-refractivity contribution in [3.05, 3.63) is 48.0 Å². The van der Waals surface area contributed by atoms with E-state index in [0.717, 1.165) is 22.8 Å². The molecule has 2 aliphatic rings. The van der Waals surface area contributed by atoms with Gasteiger partial charge < -0.3 is 24.3 Å². The first-order valence-electron chi connectivity index (χ1n) is 8.81. The number of hydrogen-bond acceptors (Lipinski definition) is 5. The van der Waals surface area contributed by atoms with Crippen LogP contribution in [-0.4, -0.2) is 38.4 Å². The molecule has 0 spiro atoms. The normalized spacial score (nSPS) is 17.5. The topological polar surface area (TPSA) is 66.0 Å². The van der Waals surface area contributed by atoms with Crippen LogP contribution in [0.1, 0.15) is 12.0 Å². The Morgan fingerprint density at radius 3 is 2.62 bits per heavy atom. The third-order valence-corrected chi connectivity index (χ3v) is 4.34. The lowest BCUT2D eigenvalue weighted by atomic mass is 10.1. The summed E-state index contributed by atoms with van der Waals surface area (Å²) in [5.74, 6) is 2.96. The van der Waals surface area contributed by atoms with Gasteiger partial charge in [0, 0.05) is 6.42 Å². The monoisotopic (exact) mass is 355 g/mol. The van der Waals surface area contributed by atoms with Crippen LogP contribution < -0.4 is 24.3 Å². The van der Waals surface area contributed by atoms with Gasteiger partial charge in [0.15, 0.2) is 23.0 Å². The molecule has 1 atom stereocenters. The number of carbonyl (C=O) groups excluding carboxylic acids is 1. The summed E-state index contributed by atoms with van der Waals surface area (Å²) >= 11 is 0. The number of para-hydroxylation sites is 2. The summed E-state index contributed by atoms with van der Waals surface area (Å²) in [5.41, 5.74) is 1.05. The Labute approximate surface area is 152 Å². The van der Waals surface area contributed by atoms with Crippen molar-refractivity contribution in [2.75, 3.05) is 26.4 Å². The molecule has 0 bridgehead atoms. The maximum absolute atomic E-state index is 12.1. The van der Waals surface area contributed by atoms with E-state index in [0.29, 0.717) is 45.0 Å². The summed E-state index contributed by atoms with van der Waals surface area (Å²) in [6, 6.07) is 13.3. The minimum absolute atomic E-state index is 0.0117. The standard InChI is InChI=1S/C20H21NO5/c22-20(8-6-14-5-7-17-19(11-14)24-10-9-23-17)21-12-15-13-25-16-3-1-2-4-18(16)26-15/h1-5,7,11,15H,6,8-10,12-13H2,(H,21,22)/t15-/m1/s1. The number of amides is 1. The van der Waals surface area contributed by atoms with Crippen LogP contribution >= 0.6 is 0 Å². The Kier molecular flexibility index (Phi) is 4.82. The predicted molar refractivity (Wildman–Crippen MR) is 95.1 cm³/mol. The van der Waals surface area contributed by atoms with E-state index in [1.54, 1.807) is 0 Å². The van der Waals surface area contributed by atoms with Gasteiger partial charge in [-0.15, -0.1) is 0 Å². The highest BCUT2D eigenvalue weighted by atomic mass is 16.6. The molecule has 4 rings (SSSR count). The quantitative estimate of drug-likeness (QED) is 0.892.